The zero-order valence-electron chi connectivity index (χ0n) is 14.0. The summed E-state index contributed by atoms with van der Waals surface area (Å²) in [5, 5.41) is 7.11. The molecule has 1 aromatic carbocycles. The lowest BCUT2D eigenvalue weighted by Gasteiger charge is -2.04. The lowest BCUT2D eigenvalue weighted by atomic mass is 10.3. The molecule has 1 amide bonds. The molecule has 0 spiro atoms. The normalized spacial score (nSPS) is 10.7. The van der Waals surface area contributed by atoms with Crippen LogP contribution >= 0.6 is 15.9 Å². The molecule has 3 rings (SSSR count). The lowest BCUT2D eigenvalue weighted by molar-refractivity contribution is 0.0918. The molecular formula is C18H17BrFN3O3. The summed E-state index contributed by atoms with van der Waals surface area (Å²) in [5.41, 5.74) is 0.742. The van der Waals surface area contributed by atoms with Crippen LogP contribution in [0.1, 0.15) is 28.9 Å². The van der Waals surface area contributed by atoms with Crippen LogP contribution in [0.4, 0.5) is 4.39 Å². The smallest absolute Gasteiger partial charge is 0.287 e. The van der Waals surface area contributed by atoms with Crippen molar-refractivity contribution in [3.63, 3.8) is 0 Å². The highest BCUT2D eigenvalue weighted by Gasteiger charge is 2.13. The number of carbonyl (C=O) groups excluding carboxylic acids is 1. The Labute approximate surface area is 158 Å². The summed E-state index contributed by atoms with van der Waals surface area (Å²) >= 11 is 3.42. The number of halogens is 2. The molecule has 0 unspecified atom stereocenters. The molecule has 0 aliphatic carbocycles. The second-order valence-corrected chi connectivity index (χ2v) is 6.32. The van der Waals surface area contributed by atoms with Crippen LogP contribution < -0.4 is 10.1 Å². The van der Waals surface area contributed by atoms with Crippen LogP contribution in [0.25, 0.3) is 0 Å². The maximum Gasteiger partial charge on any atom is 0.287 e. The van der Waals surface area contributed by atoms with Crippen LogP contribution in [-0.4, -0.2) is 15.7 Å². The van der Waals surface area contributed by atoms with Crippen molar-refractivity contribution < 1.29 is 18.3 Å². The Bertz CT molecular complexity index is 889. The van der Waals surface area contributed by atoms with Crippen LogP contribution in [0, 0.1) is 5.82 Å². The average molecular weight is 422 g/mol. The molecule has 1 N–H and O–H groups in total. The molecule has 0 aliphatic rings. The first-order chi connectivity index (χ1) is 12.5. The molecule has 0 bridgehead atoms. The van der Waals surface area contributed by atoms with Gasteiger partial charge in [-0.25, -0.2) is 4.39 Å². The standard InChI is InChI=1S/C18H17BrFN3O3/c1-2-23-10-15(19)16(22-23)9-21-18(24)17-8-7-14(26-17)11-25-13-5-3-12(20)4-6-13/h3-8,10H,2,9,11H2,1H3,(H,21,24). The third-order valence-corrected chi connectivity index (χ3v) is 4.27. The van der Waals surface area contributed by atoms with E-state index in [0.29, 0.717) is 11.5 Å². The number of amides is 1. The van der Waals surface area contributed by atoms with Gasteiger partial charge in [-0.15, -0.1) is 0 Å². The van der Waals surface area contributed by atoms with E-state index in [1.165, 1.54) is 24.3 Å². The summed E-state index contributed by atoms with van der Waals surface area (Å²) in [6, 6.07) is 8.93. The molecule has 0 radical (unpaired) electrons. The summed E-state index contributed by atoms with van der Waals surface area (Å²) in [4.78, 5) is 12.2. The summed E-state index contributed by atoms with van der Waals surface area (Å²) in [6.45, 7) is 3.17. The van der Waals surface area contributed by atoms with Crippen LogP contribution in [0.3, 0.4) is 0 Å². The molecule has 0 atom stereocenters. The van der Waals surface area contributed by atoms with Crippen molar-refractivity contribution in [2.75, 3.05) is 0 Å². The van der Waals surface area contributed by atoms with Gasteiger partial charge in [-0.3, -0.25) is 9.48 Å². The minimum atomic E-state index is -0.337. The van der Waals surface area contributed by atoms with Gasteiger partial charge in [0.05, 0.1) is 16.7 Å². The van der Waals surface area contributed by atoms with Crippen molar-refractivity contribution in [3.8, 4) is 5.75 Å². The molecule has 0 fully saturated rings. The fourth-order valence-corrected chi connectivity index (χ4v) is 2.69. The third-order valence-electron chi connectivity index (χ3n) is 3.61. The number of carbonyl (C=O) groups is 1. The van der Waals surface area contributed by atoms with Crippen molar-refractivity contribution >= 4 is 21.8 Å². The summed E-state index contributed by atoms with van der Waals surface area (Å²) < 4.78 is 26.5. The molecule has 6 nitrogen and oxygen atoms in total. The molecule has 2 aromatic heterocycles. The SMILES string of the molecule is CCn1cc(Br)c(CNC(=O)c2ccc(COc3ccc(F)cc3)o2)n1. The van der Waals surface area contributed by atoms with E-state index in [9.17, 15) is 9.18 Å². The Kier molecular flexibility index (Phi) is 5.72. The van der Waals surface area contributed by atoms with E-state index in [0.717, 1.165) is 16.7 Å². The van der Waals surface area contributed by atoms with Crippen molar-refractivity contribution in [1.82, 2.24) is 15.1 Å². The van der Waals surface area contributed by atoms with Crippen molar-refractivity contribution in [3.05, 3.63) is 70.1 Å². The molecule has 8 heteroatoms. The van der Waals surface area contributed by atoms with Gasteiger partial charge < -0.3 is 14.5 Å². The Balaban J connectivity index is 1.53. The first-order valence-electron chi connectivity index (χ1n) is 8.02. The van der Waals surface area contributed by atoms with E-state index < -0.39 is 0 Å². The van der Waals surface area contributed by atoms with Crippen molar-refractivity contribution in [2.24, 2.45) is 0 Å². The third kappa shape index (κ3) is 4.51. The lowest BCUT2D eigenvalue weighted by Crippen LogP contribution is -2.22. The van der Waals surface area contributed by atoms with Crippen molar-refractivity contribution in [1.29, 1.82) is 0 Å². The van der Waals surface area contributed by atoms with E-state index in [2.05, 4.69) is 26.3 Å². The molecule has 0 saturated heterocycles. The number of nitrogens with one attached hydrogen (secondary N) is 1. The molecule has 2 heterocycles. The van der Waals surface area contributed by atoms with E-state index in [-0.39, 0.29) is 30.6 Å². The van der Waals surface area contributed by atoms with Gasteiger partial charge in [-0.05, 0) is 59.3 Å². The molecule has 3 aromatic rings. The van der Waals surface area contributed by atoms with Crippen molar-refractivity contribution in [2.45, 2.75) is 26.6 Å². The number of aromatic nitrogens is 2. The molecular weight excluding hydrogens is 405 g/mol. The maximum absolute atomic E-state index is 12.9. The second kappa shape index (κ2) is 8.18. The first kappa shape index (κ1) is 18.2. The zero-order chi connectivity index (χ0) is 18.5. The number of ether oxygens (including phenoxy) is 1. The highest BCUT2D eigenvalue weighted by atomic mass is 79.9. The fourth-order valence-electron chi connectivity index (χ4n) is 2.23. The highest BCUT2D eigenvalue weighted by Crippen LogP contribution is 2.16. The minimum absolute atomic E-state index is 0.144. The quantitative estimate of drug-likeness (QED) is 0.627. The average Bonchev–Trinajstić information content (AvgIpc) is 3.26. The zero-order valence-corrected chi connectivity index (χ0v) is 15.6. The number of aryl methyl sites for hydroxylation is 1. The number of hydrogen-bond acceptors (Lipinski definition) is 4. The number of hydrogen-bond donors (Lipinski definition) is 1. The van der Waals surface area contributed by atoms with Crippen LogP contribution in [0.15, 0.2) is 51.5 Å². The van der Waals surface area contributed by atoms with Gasteiger partial charge in [-0.2, -0.15) is 5.10 Å². The predicted octanol–water partition coefficient (Wildman–Crippen LogP) is 3.91. The van der Waals surface area contributed by atoms with Gasteiger partial charge in [0, 0.05) is 12.7 Å². The van der Waals surface area contributed by atoms with E-state index in [4.69, 9.17) is 9.15 Å². The van der Waals surface area contributed by atoms with Crippen LogP contribution in [0.2, 0.25) is 0 Å². The van der Waals surface area contributed by atoms with Crippen LogP contribution in [0.5, 0.6) is 5.75 Å². The summed E-state index contributed by atoms with van der Waals surface area (Å²) in [6.07, 6.45) is 1.86. The van der Waals surface area contributed by atoms with Gasteiger partial charge >= 0.3 is 0 Å². The van der Waals surface area contributed by atoms with E-state index in [1.807, 2.05) is 13.1 Å². The Morgan fingerprint density at radius 2 is 2.08 bits per heavy atom. The molecule has 136 valence electrons. The van der Waals surface area contributed by atoms with E-state index in [1.54, 1.807) is 16.8 Å². The van der Waals surface area contributed by atoms with Gasteiger partial charge in [0.1, 0.15) is 23.9 Å². The Morgan fingerprint density at radius 1 is 1.31 bits per heavy atom. The topological polar surface area (TPSA) is 69.3 Å². The molecule has 26 heavy (non-hydrogen) atoms. The van der Waals surface area contributed by atoms with Crippen LogP contribution in [-0.2, 0) is 19.7 Å². The molecule has 0 aliphatic heterocycles. The second-order valence-electron chi connectivity index (χ2n) is 5.47. The number of furan rings is 1. The highest BCUT2D eigenvalue weighted by molar-refractivity contribution is 9.10. The van der Waals surface area contributed by atoms with Gasteiger partial charge in [0.15, 0.2) is 5.76 Å². The molecule has 0 saturated carbocycles. The number of nitrogens with zero attached hydrogens (tertiary/aromatic N) is 2. The monoisotopic (exact) mass is 421 g/mol. The predicted molar refractivity (Wildman–Crippen MR) is 96.2 cm³/mol. The number of rotatable bonds is 7. The largest absolute Gasteiger partial charge is 0.486 e. The van der Waals surface area contributed by atoms with E-state index >= 15 is 0 Å². The number of benzene rings is 1. The summed E-state index contributed by atoms with van der Waals surface area (Å²) in [7, 11) is 0. The Hall–Kier alpha value is -2.61. The summed E-state index contributed by atoms with van der Waals surface area (Å²) in [5.74, 6) is 0.538. The maximum atomic E-state index is 12.9. The van der Waals surface area contributed by atoms with Gasteiger partial charge in [-0.1, -0.05) is 0 Å². The van der Waals surface area contributed by atoms with Gasteiger partial charge in [0.2, 0.25) is 0 Å². The fraction of sp³-hybridized carbons (Fsp3) is 0.222. The first-order valence-corrected chi connectivity index (χ1v) is 8.81. The minimum Gasteiger partial charge on any atom is -0.486 e. The Morgan fingerprint density at radius 3 is 2.77 bits per heavy atom. The van der Waals surface area contributed by atoms with Gasteiger partial charge in [0.25, 0.3) is 5.91 Å².